The Balaban J connectivity index is 1.32. The molecule has 0 saturated carbocycles. The number of phosphoric ester groups is 3. The molecule has 3 rings (SSSR count). The van der Waals surface area contributed by atoms with Crippen molar-refractivity contribution in [2.24, 2.45) is 5.41 Å². The molecule has 67 heavy (non-hydrogen) atoms. The monoisotopic (exact) mass is 1030 g/mol. The van der Waals surface area contributed by atoms with Crippen LogP contribution in [0.25, 0.3) is 11.2 Å². The molecule has 0 bridgehead atoms. The molecule has 2 unspecified atom stereocenters. The minimum atomic E-state index is -5.58. The third-order valence-electron chi connectivity index (χ3n) is 10.1. The Morgan fingerprint density at radius 1 is 0.910 bits per heavy atom. The molecule has 2 aromatic heterocycles. The summed E-state index contributed by atoms with van der Waals surface area (Å²) in [5.41, 5.74) is 4.28. The number of aliphatic hydroxyl groups excluding tert-OH is 2. The smallest absolute Gasteiger partial charge is 0.386 e. The lowest BCUT2D eigenvalue weighted by Gasteiger charge is -2.30. The third kappa shape index (κ3) is 21.7. The van der Waals surface area contributed by atoms with E-state index < -0.39 is 84.6 Å². The Bertz CT molecular complexity index is 2090. The number of hydrogen-bond donors (Lipinski definition) is 9. The zero-order valence-electron chi connectivity index (χ0n) is 37.9. The van der Waals surface area contributed by atoms with Gasteiger partial charge in [-0.05, 0) is 44.6 Å². The van der Waals surface area contributed by atoms with Crippen molar-refractivity contribution in [2.45, 2.75) is 135 Å². The van der Waals surface area contributed by atoms with Crippen molar-refractivity contribution < 1.29 is 80.5 Å². The second-order valence-corrected chi connectivity index (χ2v) is 21.6. The number of aromatic nitrogens is 4. The standard InChI is InChI=1S/C39H66N7O17P3S/c1-4-5-6-7-8-9-10-11-12-13-14-15-16-17-18-19-30(48)67-23-22-41-29(47)20-21-42-37(51)34(50)39(2,3)25-60-66(57,58)63-65(55,56)59-24-28-33(62-64(52,53)54)32(49)38(61-28)46-27-45-31-35(40)43-26-44-36(31)46/h9-10,18-19,26-28,32-34,38,49-50H,4-8,11-17,20-25H2,1-3H3,(H,41,47)(H,42,51)(H,55,56)(H,57,58)(H2,40,43,44)(H2,52,53,54)/b10-9-,19-18+/t28-,32-,33-,34+,38-/m1/s1. The highest BCUT2D eigenvalue weighted by atomic mass is 32.2. The van der Waals surface area contributed by atoms with Crippen LogP contribution < -0.4 is 16.4 Å². The second kappa shape index (κ2) is 28.6. The van der Waals surface area contributed by atoms with Crippen molar-refractivity contribution in [2.75, 3.05) is 37.8 Å². The van der Waals surface area contributed by atoms with Gasteiger partial charge in [-0.1, -0.05) is 89.3 Å². The van der Waals surface area contributed by atoms with Crippen molar-refractivity contribution in [3.63, 3.8) is 0 Å². The molecular weight excluding hydrogens is 963 g/mol. The van der Waals surface area contributed by atoms with Crippen molar-refractivity contribution in [3.05, 3.63) is 37.0 Å². The number of anilines is 1. The molecule has 380 valence electrons. The maximum Gasteiger partial charge on any atom is 0.481 e. The number of thioether (sulfide) groups is 1. The predicted octanol–water partition coefficient (Wildman–Crippen LogP) is 4.48. The molecule has 0 radical (unpaired) electrons. The van der Waals surface area contributed by atoms with Gasteiger partial charge in [0, 0.05) is 30.7 Å². The Hall–Kier alpha value is -2.96. The lowest BCUT2D eigenvalue weighted by atomic mass is 9.87. The number of hydrogen-bond acceptors (Lipinski definition) is 18. The summed E-state index contributed by atoms with van der Waals surface area (Å²) in [5.74, 6) is -1.11. The van der Waals surface area contributed by atoms with Gasteiger partial charge < -0.3 is 50.9 Å². The van der Waals surface area contributed by atoms with Gasteiger partial charge in [-0.15, -0.1) is 0 Å². The second-order valence-electron chi connectivity index (χ2n) is 16.3. The molecule has 0 aromatic carbocycles. The van der Waals surface area contributed by atoms with Crippen LogP contribution in [0.15, 0.2) is 37.0 Å². The molecule has 2 aromatic rings. The van der Waals surface area contributed by atoms with Gasteiger partial charge in [0.1, 0.15) is 36.3 Å². The largest absolute Gasteiger partial charge is 0.481 e. The van der Waals surface area contributed by atoms with Crippen LogP contribution in [0.2, 0.25) is 0 Å². The Kier molecular flexibility index (Phi) is 24.9. The van der Waals surface area contributed by atoms with Crippen LogP contribution in [-0.4, -0.2) is 123 Å². The van der Waals surface area contributed by atoms with Gasteiger partial charge in [0.25, 0.3) is 0 Å². The van der Waals surface area contributed by atoms with Crippen LogP contribution in [0.3, 0.4) is 0 Å². The van der Waals surface area contributed by atoms with Crippen molar-refractivity contribution in [1.29, 1.82) is 0 Å². The Morgan fingerprint density at radius 2 is 1.54 bits per heavy atom. The molecule has 2 amide bonds. The summed E-state index contributed by atoms with van der Waals surface area (Å²) < 4.78 is 62.4. The van der Waals surface area contributed by atoms with Gasteiger partial charge in [0.2, 0.25) is 16.9 Å². The number of unbranched alkanes of at least 4 members (excludes halogenated alkanes) is 10. The van der Waals surface area contributed by atoms with E-state index in [9.17, 15) is 57.9 Å². The molecule has 24 nitrogen and oxygen atoms in total. The summed E-state index contributed by atoms with van der Waals surface area (Å²) in [5, 5.41) is 26.4. The van der Waals surface area contributed by atoms with Crippen LogP contribution in [0.1, 0.15) is 110 Å². The molecule has 1 aliphatic rings. The number of rotatable bonds is 33. The van der Waals surface area contributed by atoms with E-state index >= 15 is 0 Å². The first-order valence-electron chi connectivity index (χ1n) is 21.9. The van der Waals surface area contributed by atoms with Gasteiger partial charge in [0.15, 0.2) is 17.7 Å². The topological polar surface area (TPSA) is 364 Å². The highest BCUT2D eigenvalue weighted by Gasteiger charge is 2.50. The van der Waals surface area contributed by atoms with Crippen LogP contribution in [0, 0.1) is 5.41 Å². The molecule has 0 aliphatic carbocycles. The van der Waals surface area contributed by atoms with Gasteiger partial charge in [-0.3, -0.25) is 32.5 Å². The number of phosphoric acid groups is 3. The number of ether oxygens (including phenoxy) is 1. The van der Waals surface area contributed by atoms with Crippen LogP contribution in [0.4, 0.5) is 5.82 Å². The minimum absolute atomic E-state index is 0.0316. The molecule has 1 aliphatic heterocycles. The highest BCUT2D eigenvalue weighted by molar-refractivity contribution is 8.14. The minimum Gasteiger partial charge on any atom is -0.386 e. The molecule has 1 saturated heterocycles. The molecule has 7 atom stereocenters. The zero-order chi connectivity index (χ0) is 49.7. The molecular formula is C39H66N7O17P3S. The van der Waals surface area contributed by atoms with E-state index in [4.69, 9.17) is 19.5 Å². The maximum atomic E-state index is 12.7. The first-order chi connectivity index (χ1) is 31.6. The normalized spacial score (nSPS) is 20.3. The number of fused-ring (bicyclic) bond motifs is 1. The number of amides is 2. The number of aliphatic hydroxyl groups is 2. The van der Waals surface area contributed by atoms with Gasteiger partial charge >= 0.3 is 23.5 Å². The first-order valence-corrected chi connectivity index (χ1v) is 27.4. The average Bonchev–Trinajstić information content (AvgIpc) is 3.81. The van der Waals surface area contributed by atoms with Crippen molar-refractivity contribution >= 4 is 69.1 Å². The van der Waals surface area contributed by atoms with Gasteiger partial charge in [-0.2, -0.15) is 4.31 Å². The fourth-order valence-corrected chi connectivity index (χ4v) is 9.92. The molecule has 0 spiro atoms. The van der Waals surface area contributed by atoms with E-state index in [1.54, 1.807) is 6.08 Å². The molecule has 28 heteroatoms. The maximum absolute atomic E-state index is 12.7. The molecule has 10 N–H and O–H groups in total. The predicted molar refractivity (Wildman–Crippen MR) is 246 cm³/mol. The number of nitrogen functional groups attached to an aromatic ring is 1. The number of nitrogens with one attached hydrogen (secondary N) is 2. The van der Waals surface area contributed by atoms with Crippen molar-refractivity contribution in [3.8, 4) is 0 Å². The number of carbonyl (C=O) groups excluding carboxylic acids is 3. The first kappa shape index (κ1) is 58.4. The molecule has 3 heterocycles. The SMILES string of the molecule is CCCCCC/C=C\CCCCCCC/C=C/C(=O)SCCNC(=O)CCNC(=O)[C@H](O)C(C)(C)COP(=O)(O)OP(=O)(O)OC[C@H]1O[C@@H](n2cnc3c(N)ncnc32)[C@H](O)[C@@H]1OP(=O)(O)O. The summed E-state index contributed by atoms with van der Waals surface area (Å²) in [6, 6.07) is 0. The summed E-state index contributed by atoms with van der Waals surface area (Å²) in [4.78, 5) is 88.2. The number of nitrogens with zero attached hydrogens (tertiary/aromatic N) is 4. The fraction of sp³-hybridized carbons (Fsp3) is 0.692. The van der Waals surface area contributed by atoms with Gasteiger partial charge in [-0.25, -0.2) is 28.6 Å². The Labute approximate surface area is 393 Å². The lowest BCUT2D eigenvalue weighted by molar-refractivity contribution is -0.137. The highest BCUT2D eigenvalue weighted by Crippen LogP contribution is 2.61. The van der Waals surface area contributed by atoms with E-state index in [1.807, 2.05) is 6.08 Å². The van der Waals surface area contributed by atoms with E-state index in [2.05, 4.69) is 53.5 Å². The number of carbonyl (C=O) groups is 3. The van der Waals surface area contributed by atoms with E-state index in [-0.39, 0.29) is 41.6 Å². The third-order valence-corrected chi connectivity index (χ3v) is 14.1. The lowest BCUT2D eigenvalue weighted by Crippen LogP contribution is -2.46. The number of allylic oxidation sites excluding steroid dienone is 3. The fourth-order valence-electron chi connectivity index (χ4n) is 6.49. The summed E-state index contributed by atoms with van der Waals surface area (Å²) in [7, 11) is -16.4. The van der Waals surface area contributed by atoms with Crippen LogP contribution >= 0.6 is 35.2 Å². The van der Waals surface area contributed by atoms with Gasteiger partial charge in [0.05, 0.1) is 19.5 Å². The molecule has 1 fully saturated rings. The zero-order valence-corrected chi connectivity index (χ0v) is 41.4. The Morgan fingerprint density at radius 3 is 2.19 bits per heavy atom. The summed E-state index contributed by atoms with van der Waals surface area (Å²) >= 11 is 1.06. The van der Waals surface area contributed by atoms with E-state index in [0.717, 1.165) is 54.7 Å². The van der Waals surface area contributed by atoms with E-state index in [0.29, 0.717) is 5.75 Å². The number of nitrogens with two attached hydrogens (primary N) is 1. The van der Waals surface area contributed by atoms with E-state index in [1.165, 1.54) is 65.2 Å². The summed E-state index contributed by atoms with van der Waals surface area (Å²) in [6.45, 7) is 2.73. The van der Waals surface area contributed by atoms with Crippen molar-refractivity contribution in [1.82, 2.24) is 30.2 Å². The van der Waals surface area contributed by atoms with Crippen LogP contribution in [-0.2, 0) is 50.7 Å². The quantitative estimate of drug-likeness (QED) is 0.0206. The summed E-state index contributed by atoms with van der Waals surface area (Å²) in [6.07, 6.45) is 15.1. The average molecular weight is 1030 g/mol. The van der Waals surface area contributed by atoms with Crippen LogP contribution in [0.5, 0.6) is 0 Å². The number of imidazole rings is 1.